The standard InChI is InChI=1S/C29H29N5O5S/c1-38-23-9-10-34(17-23)28-4-2-3-24(33-28)25-8-7-20-15-30-22(14-26(20)32-25)16-31-29(35)19-5-6-21-18-39-11-12-40(36,37)27(21)13-19/h2-8,13-15,23H,9-12,16-18H2,1H3,(H,31,35)/t23-/m0/s1. The summed E-state index contributed by atoms with van der Waals surface area (Å²) < 4.78 is 36.0. The van der Waals surface area contributed by atoms with E-state index in [1.807, 2.05) is 36.4 Å². The molecule has 4 aromatic rings. The first kappa shape index (κ1) is 26.3. The summed E-state index contributed by atoms with van der Waals surface area (Å²) in [6, 6.07) is 16.3. The van der Waals surface area contributed by atoms with E-state index in [-0.39, 0.29) is 48.0 Å². The lowest BCUT2D eigenvalue weighted by atomic mass is 10.1. The van der Waals surface area contributed by atoms with Gasteiger partial charge in [0.2, 0.25) is 0 Å². The third-order valence-corrected chi connectivity index (χ3v) is 9.03. The normalized spacial score (nSPS) is 18.3. The Labute approximate surface area is 232 Å². The number of pyridine rings is 3. The summed E-state index contributed by atoms with van der Waals surface area (Å²) in [5.74, 6) is 0.411. The number of ether oxygens (including phenoxy) is 2. The fourth-order valence-electron chi connectivity index (χ4n) is 5.01. The Morgan fingerprint density at radius 1 is 1.12 bits per heavy atom. The zero-order valence-electron chi connectivity index (χ0n) is 22.0. The van der Waals surface area contributed by atoms with Crippen LogP contribution >= 0.6 is 0 Å². The Kier molecular flexibility index (Phi) is 7.18. The van der Waals surface area contributed by atoms with Crippen LogP contribution in [0, 0.1) is 0 Å². The second-order valence-corrected chi connectivity index (χ2v) is 12.0. The third-order valence-electron chi connectivity index (χ3n) is 7.28. The van der Waals surface area contributed by atoms with Crippen molar-refractivity contribution in [2.45, 2.75) is 30.6 Å². The highest BCUT2D eigenvalue weighted by atomic mass is 32.2. The number of sulfone groups is 1. The number of carbonyl (C=O) groups is 1. The van der Waals surface area contributed by atoms with Crippen molar-refractivity contribution in [3.63, 3.8) is 0 Å². The van der Waals surface area contributed by atoms with E-state index in [4.69, 9.17) is 19.4 Å². The van der Waals surface area contributed by atoms with Gasteiger partial charge in [-0.05, 0) is 54.4 Å². The molecule has 6 rings (SSSR count). The topological polar surface area (TPSA) is 124 Å². The van der Waals surface area contributed by atoms with Crippen LogP contribution < -0.4 is 10.2 Å². The number of aromatic nitrogens is 3. The van der Waals surface area contributed by atoms with Gasteiger partial charge in [0.05, 0.1) is 59.1 Å². The van der Waals surface area contributed by atoms with Gasteiger partial charge in [-0.15, -0.1) is 0 Å². The minimum Gasteiger partial charge on any atom is -0.380 e. The van der Waals surface area contributed by atoms with Crippen LogP contribution in [0.25, 0.3) is 22.3 Å². The van der Waals surface area contributed by atoms with Crippen molar-refractivity contribution in [1.82, 2.24) is 20.3 Å². The molecule has 0 aliphatic carbocycles. The van der Waals surface area contributed by atoms with Crippen LogP contribution in [0.3, 0.4) is 0 Å². The van der Waals surface area contributed by atoms with Crippen LogP contribution in [0.1, 0.15) is 28.0 Å². The highest BCUT2D eigenvalue weighted by molar-refractivity contribution is 7.91. The molecule has 1 atom stereocenters. The number of methoxy groups -OCH3 is 1. The molecule has 1 amide bonds. The molecule has 40 heavy (non-hydrogen) atoms. The van der Waals surface area contributed by atoms with Crippen molar-refractivity contribution >= 4 is 32.5 Å². The third kappa shape index (κ3) is 5.40. The van der Waals surface area contributed by atoms with Crippen molar-refractivity contribution in [3.8, 4) is 11.4 Å². The van der Waals surface area contributed by atoms with Crippen LogP contribution in [0.2, 0.25) is 0 Å². The molecule has 10 nitrogen and oxygen atoms in total. The van der Waals surface area contributed by atoms with Gasteiger partial charge in [-0.25, -0.2) is 18.4 Å². The molecule has 1 aromatic carbocycles. The molecule has 5 heterocycles. The molecule has 0 bridgehead atoms. The van der Waals surface area contributed by atoms with Gasteiger partial charge >= 0.3 is 0 Å². The molecule has 1 fully saturated rings. The summed E-state index contributed by atoms with van der Waals surface area (Å²) >= 11 is 0. The maximum Gasteiger partial charge on any atom is 0.251 e. The average molecular weight is 560 g/mol. The first-order chi connectivity index (χ1) is 19.4. The van der Waals surface area contributed by atoms with Crippen LogP contribution in [0.4, 0.5) is 5.82 Å². The minimum atomic E-state index is -3.50. The lowest BCUT2D eigenvalue weighted by Gasteiger charge is -2.17. The predicted octanol–water partition coefficient (Wildman–Crippen LogP) is 3.15. The minimum absolute atomic E-state index is 0.104. The van der Waals surface area contributed by atoms with Crippen molar-refractivity contribution in [1.29, 1.82) is 0 Å². The molecule has 11 heteroatoms. The van der Waals surface area contributed by atoms with E-state index in [0.717, 1.165) is 47.6 Å². The van der Waals surface area contributed by atoms with Gasteiger partial charge in [0, 0.05) is 37.3 Å². The second-order valence-electron chi connectivity index (χ2n) is 9.91. The van der Waals surface area contributed by atoms with Crippen molar-refractivity contribution < 1.29 is 22.7 Å². The Hall–Kier alpha value is -3.93. The molecule has 2 aliphatic heterocycles. The maximum atomic E-state index is 12.9. The maximum absolute atomic E-state index is 12.9. The van der Waals surface area contributed by atoms with Gasteiger partial charge in [0.1, 0.15) is 5.82 Å². The summed E-state index contributed by atoms with van der Waals surface area (Å²) in [4.78, 5) is 29.4. The van der Waals surface area contributed by atoms with Crippen LogP contribution in [0.15, 0.2) is 65.7 Å². The molecule has 0 unspecified atom stereocenters. The second kappa shape index (κ2) is 10.9. The fourth-order valence-corrected chi connectivity index (χ4v) is 6.40. The molecule has 3 aromatic heterocycles. The molecular formula is C29H29N5O5S. The average Bonchev–Trinajstić information content (AvgIpc) is 3.41. The number of anilines is 1. The summed E-state index contributed by atoms with van der Waals surface area (Å²) in [5.41, 5.74) is 3.72. The van der Waals surface area contributed by atoms with Gasteiger partial charge in [-0.2, -0.15) is 0 Å². The van der Waals surface area contributed by atoms with E-state index in [1.165, 1.54) is 6.07 Å². The first-order valence-electron chi connectivity index (χ1n) is 13.1. The highest BCUT2D eigenvalue weighted by Gasteiger charge is 2.24. The smallest absolute Gasteiger partial charge is 0.251 e. The zero-order chi connectivity index (χ0) is 27.7. The Morgan fingerprint density at radius 2 is 2.00 bits per heavy atom. The molecule has 0 radical (unpaired) electrons. The van der Waals surface area contributed by atoms with Gasteiger partial charge in [0.15, 0.2) is 9.84 Å². The van der Waals surface area contributed by atoms with E-state index >= 15 is 0 Å². The molecule has 1 saturated heterocycles. The van der Waals surface area contributed by atoms with Crippen molar-refractivity contribution in [2.24, 2.45) is 0 Å². The largest absolute Gasteiger partial charge is 0.380 e. The molecule has 0 spiro atoms. The number of nitrogens with one attached hydrogen (secondary N) is 1. The Bertz CT molecular complexity index is 1690. The van der Waals surface area contributed by atoms with E-state index in [2.05, 4.69) is 15.2 Å². The highest BCUT2D eigenvalue weighted by Crippen LogP contribution is 2.25. The SMILES string of the molecule is CO[C@H]1CCN(c2cccc(-c3ccc4cnc(CNC(=O)c5ccc6c(c5)S(=O)(=O)CCOC6)cc4n3)n2)C1. The quantitative estimate of drug-likeness (QED) is 0.379. The number of hydrogen-bond donors (Lipinski definition) is 1. The summed E-state index contributed by atoms with van der Waals surface area (Å²) in [6.45, 7) is 2.22. The van der Waals surface area contributed by atoms with Crippen molar-refractivity contribution in [3.05, 3.63) is 77.6 Å². The number of hydrogen-bond acceptors (Lipinski definition) is 9. The first-order valence-corrected chi connectivity index (χ1v) is 14.8. The number of nitrogens with zero attached hydrogens (tertiary/aromatic N) is 4. The van der Waals surface area contributed by atoms with E-state index < -0.39 is 9.84 Å². The molecule has 206 valence electrons. The van der Waals surface area contributed by atoms with Crippen LogP contribution in [-0.2, 0) is 32.5 Å². The number of benzene rings is 1. The number of rotatable bonds is 6. The Balaban J connectivity index is 1.19. The Morgan fingerprint density at radius 3 is 2.85 bits per heavy atom. The van der Waals surface area contributed by atoms with E-state index in [9.17, 15) is 13.2 Å². The monoisotopic (exact) mass is 559 g/mol. The van der Waals surface area contributed by atoms with Crippen molar-refractivity contribution in [2.75, 3.05) is 37.5 Å². The summed E-state index contributed by atoms with van der Waals surface area (Å²) in [6.07, 6.45) is 2.92. The van der Waals surface area contributed by atoms with Gasteiger partial charge in [-0.3, -0.25) is 9.78 Å². The van der Waals surface area contributed by atoms with E-state index in [1.54, 1.807) is 25.4 Å². The molecule has 0 saturated carbocycles. The zero-order valence-corrected chi connectivity index (χ0v) is 22.9. The fraction of sp³-hybridized carbons (Fsp3) is 0.310. The number of carbonyl (C=O) groups excluding carboxylic acids is 1. The van der Waals surface area contributed by atoms with Crippen LogP contribution in [0.5, 0.6) is 0 Å². The molecule has 2 aliphatic rings. The van der Waals surface area contributed by atoms with Gasteiger partial charge in [0.25, 0.3) is 5.91 Å². The lowest BCUT2D eigenvalue weighted by Crippen LogP contribution is -2.24. The van der Waals surface area contributed by atoms with Gasteiger partial charge in [-0.1, -0.05) is 12.1 Å². The van der Waals surface area contributed by atoms with Crippen LogP contribution in [-0.4, -0.2) is 67.9 Å². The number of amides is 1. The predicted molar refractivity (Wildman–Crippen MR) is 150 cm³/mol. The van der Waals surface area contributed by atoms with Gasteiger partial charge < -0.3 is 19.7 Å². The summed E-state index contributed by atoms with van der Waals surface area (Å²) in [7, 11) is -1.76. The summed E-state index contributed by atoms with van der Waals surface area (Å²) in [5, 5.41) is 3.71. The van der Waals surface area contributed by atoms with E-state index in [0.29, 0.717) is 11.3 Å². The molecular weight excluding hydrogens is 530 g/mol. The number of fused-ring (bicyclic) bond motifs is 2. The molecule has 1 N–H and O–H groups in total. The lowest BCUT2D eigenvalue weighted by molar-refractivity contribution is 0.0950.